The lowest BCUT2D eigenvalue weighted by Crippen LogP contribution is -2.31. The lowest BCUT2D eigenvalue weighted by molar-refractivity contribution is -0.383. The summed E-state index contributed by atoms with van der Waals surface area (Å²) in [4.78, 5) is 23.1. The van der Waals surface area contributed by atoms with E-state index in [2.05, 4.69) is 20.2 Å². The van der Waals surface area contributed by atoms with Gasteiger partial charge in [0.25, 0.3) is 10.0 Å². The summed E-state index contributed by atoms with van der Waals surface area (Å²) in [6.07, 6.45) is 5.16. The number of nitro groups is 1. The van der Waals surface area contributed by atoms with Crippen molar-refractivity contribution < 1.29 is 13.3 Å². The summed E-state index contributed by atoms with van der Waals surface area (Å²) in [5.74, 6) is -0.00568. The molecule has 1 aromatic carbocycles. The summed E-state index contributed by atoms with van der Waals surface area (Å²) in [6.45, 7) is 3.16. The van der Waals surface area contributed by atoms with Gasteiger partial charge >= 0.3 is 5.69 Å². The molecule has 2 heterocycles. The second-order valence-electron chi connectivity index (χ2n) is 6.60. The number of aryl methyl sites for hydroxylation is 1. The summed E-state index contributed by atoms with van der Waals surface area (Å²) < 4.78 is 24.9. The van der Waals surface area contributed by atoms with Crippen LogP contribution in [0.1, 0.15) is 31.2 Å². The number of sulfonamides is 1. The molecule has 1 fully saturated rings. The van der Waals surface area contributed by atoms with Crippen molar-refractivity contribution in [2.75, 3.05) is 23.4 Å². The van der Waals surface area contributed by atoms with E-state index in [1.807, 2.05) is 11.8 Å². The van der Waals surface area contributed by atoms with Crippen LogP contribution in [-0.2, 0) is 10.0 Å². The number of nitrogens with one attached hydrogen (secondary N) is 2. The van der Waals surface area contributed by atoms with E-state index in [9.17, 15) is 18.5 Å². The average Bonchev–Trinajstić information content (AvgIpc) is 2.96. The Morgan fingerprint density at radius 3 is 2.32 bits per heavy atom. The highest BCUT2D eigenvalue weighted by Crippen LogP contribution is 2.32. The quantitative estimate of drug-likeness (QED) is 0.552. The van der Waals surface area contributed by atoms with E-state index in [0.29, 0.717) is 13.1 Å². The summed E-state index contributed by atoms with van der Waals surface area (Å²) >= 11 is 0. The van der Waals surface area contributed by atoms with Gasteiger partial charge in [0.15, 0.2) is 0 Å². The molecule has 0 spiro atoms. The van der Waals surface area contributed by atoms with Gasteiger partial charge < -0.3 is 4.90 Å². The lowest BCUT2D eigenvalue weighted by Gasteiger charge is -2.21. The van der Waals surface area contributed by atoms with Crippen LogP contribution in [0.5, 0.6) is 0 Å². The second-order valence-corrected chi connectivity index (χ2v) is 8.28. The van der Waals surface area contributed by atoms with E-state index in [-0.39, 0.29) is 22.2 Å². The van der Waals surface area contributed by atoms with E-state index >= 15 is 0 Å². The van der Waals surface area contributed by atoms with Gasteiger partial charge in [-0.15, -0.1) is 4.83 Å². The fraction of sp³-hybridized carbons (Fsp3) is 0.412. The molecule has 3 rings (SSSR count). The van der Waals surface area contributed by atoms with Crippen LogP contribution in [-0.4, -0.2) is 36.4 Å². The normalized spacial score (nSPS) is 15.1. The summed E-state index contributed by atoms with van der Waals surface area (Å²) in [5, 5.41) is 11.7. The van der Waals surface area contributed by atoms with Gasteiger partial charge in [0.05, 0.1) is 9.82 Å². The molecule has 1 aliphatic heterocycles. The molecule has 0 amide bonds. The molecule has 0 atom stereocenters. The Morgan fingerprint density at radius 2 is 1.71 bits per heavy atom. The monoisotopic (exact) mass is 406 g/mol. The molecular formula is C17H22N6O4S. The zero-order valence-electron chi connectivity index (χ0n) is 15.5. The Morgan fingerprint density at radius 1 is 1.07 bits per heavy atom. The van der Waals surface area contributed by atoms with E-state index in [4.69, 9.17) is 0 Å². The number of nitrogens with zero attached hydrogens (tertiary/aromatic N) is 4. The molecule has 0 radical (unpaired) electrons. The highest BCUT2D eigenvalue weighted by atomic mass is 32.2. The molecule has 0 bridgehead atoms. The SMILES string of the molecule is Cc1ccc(S(=O)(=O)NNc2ncnc(N3CCCCCC3)c2[N+](=O)[O-])cc1. The largest absolute Gasteiger partial charge is 0.354 e. The number of benzene rings is 1. The maximum absolute atomic E-state index is 12.4. The van der Waals surface area contributed by atoms with Gasteiger partial charge in [0, 0.05) is 13.1 Å². The summed E-state index contributed by atoms with van der Waals surface area (Å²) in [5.41, 5.74) is 2.95. The first-order valence-corrected chi connectivity index (χ1v) is 10.5. The molecule has 1 aromatic heterocycles. The van der Waals surface area contributed by atoms with Gasteiger partial charge in [0.1, 0.15) is 6.33 Å². The maximum atomic E-state index is 12.4. The Balaban J connectivity index is 1.86. The molecule has 0 saturated carbocycles. The number of anilines is 2. The van der Waals surface area contributed by atoms with Crippen LogP contribution in [0.2, 0.25) is 0 Å². The molecular weight excluding hydrogens is 384 g/mol. The van der Waals surface area contributed by atoms with E-state index < -0.39 is 14.9 Å². The standard InChI is InChI=1S/C17H22N6O4S/c1-13-6-8-14(9-7-13)28(26,27)21-20-16-15(23(24)25)17(19-12-18-16)22-10-4-2-3-5-11-22/h6-9,12,21H,2-5,10-11H2,1H3,(H,18,19,20). The topological polar surface area (TPSA) is 130 Å². The third-order valence-electron chi connectivity index (χ3n) is 4.53. The van der Waals surface area contributed by atoms with Gasteiger partial charge in [-0.25, -0.2) is 18.4 Å². The number of aromatic nitrogens is 2. The van der Waals surface area contributed by atoms with Crippen molar-refractivity contribution in [2.24, 2.45) is 0 Å². The van der Waals surface area contributed by atoms with Crippen molar-refractivity contribution in [3.8, 4) is 0 Å². The molecule has 150 valence electrons. The smallest absolute Gasteiger partial charge is 0.351 e. The Labute approximate surface area is 163 Å². The zero-order valence-corrected chi connectivity index (χ0v) is 16.3. The molecule has 1 aliphatic rings. The number of rotatable bonds is 6. The van der Waals surface area contributed by atoms with Gasteiger partial charge in [-0.1, -0.05) is 30.5 Å². The van der Waals surface area contributed by atoms with Gasteiger partial charge in [-0.3, -0.25) is 15.5 Å². The average molecular weight is 406 g/mol. The van der Waals surface area contributed by atoms with Crippen molar-refractivity contribution in [3.05, 3.63) is 46.3 Å². The second kappa shape index (κ2) is 8.48. The Bertz CT molecular complexity index is 941. The van der Waals surface area contributed by atoms with E-state index in [1.165, 1.54) is 18.5 Å². The zero-order chi connectivity index (χ0) is 20.1. The highest BCUT2D eigenvalue weighted by molar-refractivity contribution is 7.89. The number of hydrazine groups is 1. The van der Waals surface area contributed by atoms with Crippen LogP contribution in [0.25, 0.3) is 0 Å². The first-order chi connectivity index (χ1) is 13.4. The Kier molecular flexibility index (Phi) is 6.05. The van der Waals surface area contributed by atoms with E-state index in [1.54, 1.807) is 12.1 Å². The Hall–Kier alpha value is -2.79. The van der Waals surface area contributed by atoms with Crippen LogP contribution in [0.4, 0.5) is 17.3 Å². The lowest BCUT2D eigenvalue weighted by atomic mass is 10.2. The highest BCUT2D eigenvalue weighted by Gasteiger charge is 2.28. The predicted molar refractivity (Wildman–Crippen MR) is 104 cm³/mol. The third kappa shape index (κ3) is 4.54. The molecule has 0 aliphatic carbocycles. The van der Waals surface area contributed by atoms with Crippen molar-refractivity contribution in [3.63, 3.8) is 0 Å². The van der Waals surface area contributed by atoms with Crippen molar-refractivity contribution in [1.82, 2.24) is 14.8 Å². The minimum absolute atomic E-state index is 0.0371. The van der Waals surface area contributed by atoms with Crippen LogP contribution in [0.15, 0.2) is 35.5 Å². The van der Waals surface area contributed by atoms with Crippen LogP contribution < -0.4 is 15.2 Å². The van der Waals surface area contributed by atoms with Crippen molar-refractivity contribution in [1.29, 1.82) is 0 Å². The van der Waals surface area contributed by atoms with Gasteiger partial charge in [-0.05, 0) is 31.9 Å². The minimum atomic E-state index is -3.92. The molecule has 2 aromatic rings. The molecule has 11 heteroatoms. The van der Waals surface area contributed by atoms with E-state index in [0.717, 1.165) is 31.2 Å². The predicted octanol–water partition coefficient (Wildman–Crippen LogP) is 2.38. The number of hydrogen-bond donors (Lipinski definition) is 2. The van der Waals surface area contributed by atoms with Crippen molar-refractivity contribution in [2.45, 2.75) is 37.5 Å². The summed E-state index contributed by atoms with van der Waals surface area (Å²) in [6, 6.07) is 6.24. The first kappa shape index (κ1) is 20.0. The fourth-order valence-electron chi connectivity index (χ4n) is 3.03. The third-order valence-corrected chi connectivity index (χ3v) is 5.79. The molecule has 10 nitrogen and oxygen atoms in total. The van der Waals surface area contributed by atoms with Crippen molar-refractivity contribution >= 4 is 27.3 Å². The van der Waals surface area contributed by atoms with Gasteiger partial charge in [-0.2, -0.15) is 0 Å². The first-order valence-electron chi connectivity index (χ1n) is 8.97. The maximum Gasteiger partial charge on any atom is 0.354 e. The van der Waals surface area contributed by atoms with Gasteiger partial charge in [0.2, 0.25) is 11.6 Å². The molecule has 1 saturated heterocycles. The molecule has 2 N–H and O–H groups in total. The van der Waals surface area contributed by atoms with Crippen LogP contribution in [0, 0.1) is 17.0 Å². The van der Waals surface area contributed by atoms with Crippen LogP contribution >= 0.6 is 0 Å². The molecule has 0 unspecified atom stereocenters. The summed E-state index contributed by atoms with van der Waals surface area (Å²) in [7, 11) is -3.92. The molecule has 28 heavy (non-hydrogen) atoms. The number of hydrogen-bond acceptors (Lipinski definition) is 8. The fourth-order valence-corrected chi connectivity index (χ4v) is 3.88. The van der Waals surface area contributed by atoms with Crippen LogP contribution in [0.3, 0.4) is 0 Å². The minimum Gasteiger partial charge on any atom is -0.351 e.